The van der Waals surface area contributed by atoms with Gasteiger partial charge in [0.05, 0.1) is 29.4 Å². The van der Waals surface area contributed by atoms with Gasteiger partial charge in [-0.25, -0.2) is 23.5 Å². The molecule has 0 spiro atoms. The van der Waals surface area contributed by atoms with Gasteiger partial charge < -0.3 is 10.1 Å². The highest BCUT2D eigenvalue weighted by atomic mass is 19.1. The Kier molecular flexibility index (Phi) is 3.99. The lowest BCUT2D eigenvalue weighted by Gasteiger charge is -2.29. The fourth-order valence-corrected chi connectivity index (χ4v) is 4.49. The van der Waals surface area contributed by atoms with Crippen LogP contribution in [0.3, 0.4) is 0 Å². The first-order chi connectivity index (χ1) is 15.5. The normalized spacial score (nSPS) is 18.3. The Hall–Kier alpha value is -3.92. The van der Waals surface area contributed by atoms with Gasteiger partial charge in [0.2, 0.25) is 5.95 Å². The number of halogens is 2. The highest BCUT2D eigenvalue weighted by molar-refractivity contribution is 5.77. The minimum atomic E-state index is -0.722. The Morgan fingerprint density at radius 2 is 1.84 bits per heavy atom. The van der Waals surface area contributed by atoms with Crippen molar-refractivity contribution < 1.29 is 13.9 Å². The third-order valence-electron chi connectivity index (χ3n) is 5.96. The van der Waals surface area contributed by atoms with Crippen molar-refractivity contribution in [3.05, 3.63) is 82.2 Å². The van der Waals surface area contributed by atoms with Crippen LogP contribution >= 0.6 is 0 Å². The van der Waals surface area contributed by atoms with Gasteiger partial charge in [0.1, 0.15) is 23.5 Å². The lowest BCUT2D eigenvalue weighted by molar-refractivity contribution is 0.147. The largest absolute Gasteiger partial charge is 0.388 e. The van der Waals surface area contributed by atoms with Crippen LogP contribution in [-0.2, 0) is 0 Å². The first kappa shape index (κ1) is 18.8. The summed E-state index contributed by atoms with van der Waals surface area (Å²) in [5, 5.41) is 10.4. The Balaban J connectivity index is 1.56. The van der Waals surface area contributed by atoms with E-state index in [0.717, 1.165) is 0 Å². The van der Waals surface area contributed by atoms with Gasteiger partial charge in [-0.15, -0.1) is 0 Å². The Bertz CT molecular complexity index is 1570. The van der Waals surface area contributed by atoms with Crippen LogP contribution in [-0.4, -0.2) is 34.2 Å². The molecule has 6 rings (SSSR count). The van der Waals surface area contributed by atoms with Gasteiger partial charge in [-0.3, -0.25) is 9.13 Å². The Morgan fingerprint density at radius 1 is 1.03 bits per heavy atom. The van der Waals surface area contributed by atoms with Gasteiger partial charge in [0.25, 0.3) is 0 Å². The molecule has 5 aromatic rings. The lowest BCUT2D eigenvalue weighted by Crippen LogP contribution is -2.28. The fraction of sp³-hybridized carbons (Fsp3) is 0.182. The second kappa shape index (κ2) is 6.79. The summed E-state index contributed by atoms with van der Waals surface area (Å²) in [6.45, 7) is 0. The number of aromatic amines is 1. The predicted octanol–water partition coefficient (Wildman–Crippen LogP) is 3.15. The number of rotatable bonds is 2. The van der Waals surface area contributed by atoms with Gasteiger partial charge in [-0.05, 0) is 48.2 Å². The number of aliphatic hydroxyl groups is 1. The zero-order valence-corrected chi connectivity index (χ0v) is 16.5. The molecule has 2 atom stereocenters. The maximum atomic E-state index is 14.0. The molecule has 1 aliphatic rings. The second-order valence-corrected chi connectivity index (χ2v) is 7.84. The maximum Gasteiger partial charge on any atom is 0.328 e. The Morgan fingerprint density at radius 3 is 2.72 bits per heavy atom. The summed E-state index contributed by atoms with van der Waals surface area (Å²) in [7, 11) is 0. The van der Waals surface area contributed by atoms with E-state index in [0.29, 0.717) is 46.2 Å². The van der Waals surface area contributed by atoms with Crippen molar-refractivity contribution in [2.75, 3.05) is 0 Å². The molecule has 0 fully saturated rings. The van der Waals surface area contributed by atoms with E-state index in [1.165, 1.54) is 45.9 Å². The molecule has 10 heteroatoms. The number of aromatic nitrogens is 6. The minimum absolute atomic E-state index is 0.216. The average molecular weight is 434 g/mol. The topological polar surface area (TPSA) is 102 Å². The van der Waals surface area contributed by atoms with E-state index in [1.54, 1.807) is 12.1 Å². The summed E-state index contributed by atoms with van der Waals surface area (Å²) in [6.07, 6.45) is 3.10. The molecule has 0 saturated carbocycles. The van der Waals surface area contributed by atoms with Crippen LogP contribution in [0.2, 0.25) is 0 Å². The zero-order chi connectivity index (χ0) is 22.0. The van der Waals surface area contributed by atoms with Crippen molar-refractivity contribution in [2.45, 2.75) is 25.0 Å². The highest BCUT2D eigenvalue weighted by Crippen LogP contribution is 2.39. The first-order valence-electron chi connectivity index (χ1n) is 10.1. The SMILES string of the molecule is O=c1[nH]c2cnc(-n3cnc4ccc(F)cc43)nc2n1C1CC[C@@H](O)c2ccc(F)cc21. The summed E-state index contributed by atoms with van der Waals surface area (Å²) < 4.78 is 30.8. The molecule has 3 aromatic heterocycles. The molecule has 0 radical (unpaired) electrons. The number of benzene rings is 2. The summed E-state index contributed by atoms with van der Waals surface area (Å²) >= 11 is 0. The molecular weight excluding hydrogens is 418 g/mol. The molecule has 1 aliphatic carbocycles. The van der Waals surface area contributed by atoms with Crippen LogP contribution in [0, 0.1) is 11.6 Å². The molecule has 0 saturated heterocycles. The van der Waals surface area contributed by atoms with Crippen molar-refractivity contribution in [2.24, 2.45) is 0 Å². The molecule has 0 aliphatic heterocycles. The minimum Gasteiger partial charge on any atom is -0.388 e. The van der Waals surface area contributed by atoms with Crippen LogP contribution in [0.5, 0.6) is 0 Å². The highest BCUT2D eigenvalue weighted by Gasteiger charge is 2.30. The number of hydrogen-bond donors (Lipinski definition) is 2. The maximum absolute atomic E-state index is 14.0. The van der Waals surface area contributed by atoms with Crippen LogP contribution in [0.25, 0.3) is 28.1 Å². The molecular formula is C22H16F2N6O2. The molecule has 2 N–H and O–H groups in total. The van der Waals surface area contributed by atoms with E-state index in [2.05, 4.69) is 19.9 Å². The van der Waals surface area contributed by atoms with Gasteiger partial charge in [0, 0.05) is 6.07 Å². The van der Waals surface area contributed by atoms with Crippen LogP contribution in [0.1, 0.15) is 36.1 Å². The van der Waals surface area contributed by atoms with E-state index in [9.17, 15) is 18.7 Å². The lowest BCUT2D eigenvalue weighted by atomic mass is 9.85. The van der Waals surface area contributed by atoms with Gasteiger partial charge >= 0.3 is 5.69 Å². The molecule has 2 aromatic carbocycles. The number of fused-ring (bicyclic) bond motifs is 3. The predicted molar refractivity (Wildman–Crippen MR) is 111 cm³/mol. The standard InChI is InChI=1S/C22H16F2N6O2/c23-11-1-3-13-14(7-11)17(5-6-19(13)31)30-20-16(27-22(30)32)9-25-21(28-20)29-10-26-15-4-2-12(24)8-18(15)29/h1-4,7-10,17,19,31H,5-6H2,(H,27,32)/t17?,19-/m1/s1. The van der Waals surface area contributed by atoms with Crippen molar-refractivity contribution >= 4 is 22.2 Å². The molecule has 0 bridgehead atoms. The third kappa shape index (κ3) is 2.76. The van der Waals surface area contributed by atoms with E-state index < -0.39 is 29.5 Å². The monoisotopic (exact) mass is 434 g/mol. The number of aliphatic hydroxyl groups excluding tert-OH is 1. The molecule has 32 heavy (non-hydrogen) atoms. The fourth-order valence-electron chi connectivity index (χ4n) is 4.49. The number of hydrogen-bond acceptors (Lipinski definition) is 5. The summed E-state index contributed by atoms with van der Waals surface area (Å²) in [5.74, 6) is -0.648. The van der Waals surface area contributed by atoms with Crippen LogP contribution < -0.4 is 5.69 Å². The van der Waals surface area contributed by atoms with Crippen LogP contribution in [0.15, 0.2) is 53.7 Å². The van der Waals surface area contributed by atoms with Crippen molar-refractivity contribution in [3.8, 4) is 5.95 Å². The van der Waals surface area contributed by atoms with Crippen LogP contribution in [0.4, 0.5) is 8.78 Å². The number of H-pyrrole nitrogens is 1. The summed E-state index contributed by atoms with van der Waals surface area (Å²) in [4.78, 5) is 28.8. The second-order valence-electron chi connectivity index (χ2n) is 7.84. The molecule has 3 heterocycles. The molecule has 1 unspecified atom stereocenters. The Labute approximate surface area is 178 Å². The molecule has 160 valence electrons. The van der Waals surface area contributed by atoms with Crippen molar-refractivity contribution in [3.63, 3.8) is 0 Å². The molecule has 8 nitrogen and oxygen atoms in total. The number of imidazole rings is 2. The van der Waals surface area contributed by atoms with E-state index in [1.807, 2.05) is 0 Å². The number of nitrogens with zero attached hydrogens (tertiary/aromatic N) is 5. The summed E-state index contributed by atoms with van der Waals surface area (Å²) in [5.41, 5.74) is 2.53. The zero-order valence-electron chi connectivity index (χ0n) is 16.5. The van der Waals surface area contributed by atoms with E-state index in [-0.39, 0.29) is 5.95 Å². The third-order valence-corrected chi connectivity index (χ3v) is 5.96. The number of nitrogens with one attached hydrogen (secondary N) is 1. The average Bonchev–Trinajstić information content (AvgIpc) is 3.33. The van der Waals surface area contributed by atoms with Gasteiger partial charge in [-0.1, -0.05) is 6.07 Å². The van der Waals surface area contributed by atoms with Crippen molar-refractivity contribution in [1.82, 2.24) is 29.1 Å². The van der Waals surface area contributed by atoms with E-state index >= 15 is 0 Å². The van der Waals surface area contributed by atoms with E-state index in [4.69, 9.17) is 0 Å². The summed E-state index contributed by atoms with van der Waals surface area (Å²) in [6, 6.07) is 7.90. The first-order valence-corrected chi connectivity index (χ1v) is 10.1. The quantitative estimate of drug-likeness (QED) is 0.445. The van der Waals surface area contributed by atoms with Gasteiger partial charge in [-0.2, -0.15) is 4.98 Å². The van der Waals surface area contributed by atoms with Crippen molar-refractivity contribution in [1.29, 1.82) is 0 Å². The van der Waals surface area contributed by atoms with Gasteiger partial charge in [0.15, 0.2) is 5.65 Å². The molecule has 0 amide bonds. The smallest absolute Gasteiger partial charge is 0.328 e.